The summed E-state index contributed by atoms with van der Waals surface area (Å²) in [5.41, 5.74) is 0.809. The molecular weight excluding hydrogens is 367 g/mol. The highest BCUT2D eigenvalue weighted by Gasteiger charge is 2.35. The Labute approximate surface area is 159 Å². The van der Waals surface area contributed by atoms with E-state index in [1.165, 1.54) is 16.4 Å². The molecule has 1 aliphatic heterocycles. The fraction of sp³-hybridized carbons (Fsp3) is 0.350. The fourth-order valence-corrected chi connectivity index (χ4v) is 4.94. The Balaban J connectivity index is 1.79. The Hall–Kier alpha value is -2.25. The van der Waals surface area contributed by atoms with Gasteiger partial charge < -0.3 is 4.90 Å². The van der Waals surface area contributed by atoms with E-state index in [0.29, 0.717) is 25.9 Å². The number of carbonyl (C=O) groups excluding carboxylic acids is 1. The molecule has 1 aliphatic rings. The van der Waals surface area contributed by atoms with Crippen LogP contribution in [0, 0.1) is 11.7 Å². The highest BCUT2D eigenvalue weighted by atomic mass is 32.2. The van der Waals surface area contributed by atoms with Gasteiger partial charge in [-0.2, -0.15) is 4.31 Å². The molecule has 7 heteroatoms. The van der Waals surface area contributed by atoms with Gasteiger partial charge in [0, 0.05) is 25.3 Å². The maximum absolute atomic E-state index is 13.1. The van der Waals surface area contributed by atoms with E-state index in [2.05, 4.69) is 0 Å². The molecule has 0 N–H and O–H groups in total. The number of hydrogen-bond acceptors (Lipinski definition) is 3. The standard InChI is InChI=1S/C20H23FN2O3S/c1-2-23(18-8-4-3-5-9-18)20(24)16-7-6-14-22(15-16)27(25,26)19-12-10-17(21)11-13-19/h3-5,8-13,16H,2,6-7,14-15H2,1H3. The van der Waals surface area contributed by atoms with Gasteiger partial charge in [-0.15, -0.1) is 0 Å². The van der Waals surface area contributed by atoms with Crippen molar-refractivity contribution in [2.45, 2.75) is 24.7 Å². The van der Waals surface area contributed by atoms with Crippen molar-refractivity contribution in [3.05, 3.63) is 60.4 Å². The second kappa shape index (κ2) is 8.19. The Kier molecular flexibility index (Phi) is 5.92. The van der Waals surface area contributed by atoms with Gasteiger partial charge in [0.05, 0.1) is 10.8 Å². The Morgan fingerprint density at radius 2 is 1.81 bits per heavy atom. The van der Waals surface area contributed by atoms with Crippen molar-refractivity contribution in [3.8, 4) is 0 Å². The summed E-state index contributed by atoms with van der Waals surface area (Å²) in [6.45, 7) is 2.92. The third kappa shape index (κ3) is 4.20. The lowest BCUT2D eigenvalue weighted by Gasteiger charge is -2.34. The summed E-state index contributed by atoms with van der Waals surface area (Å²) >= 11 is 0. The smallest absolute Gasteiger partial charge is 0.243 e. The summed E-state index contributed by atoms with van der Waals surface area (Å²) < 4.78 is 40.2. The van der Waals surface area contributed by atoms with E-state index in [1.807, 2.05) is 37.3 Å². The first-order chi connectivity index (χ1) is 12.9. The molecule has 0 bridgehead atoms. The topological polar surface area (TPSA) is 57.7 Å². The van der Waals surface area contributed by atoms with Crippen molar-refractivity contribution in [3.63, 3.8) is 0 Å². The van der Waals surface area contributed by atoms with Gasteiger partial charge in [-0.05, 0) is 56.2 Å². The molecule has 1 atom stereocenters. The van der Waals surface area contributed by atoms with Gasteiger partial charge in [0.25, 0.3) is 0 Å². The van der Waals surface area contributed by atoms with Gasteiger partial charge >= 0.3 is 0 Å². The van der Waals surface area contributed by atoms with Crippen molar-refractivity contribution < 1.29 is 17.6 Å². The number of halogens is 1. The zero-order valence-electron chi connectivity index (χ0n) is 15.2. The average Bonchev–Trinajstić information content (AvgIpc) is 2.70. The molecule has 0 saturated carbocycles. The van der Waals surface area contributed by atoms with Crippen LogP contribution in [0.2, 0.25) is 0 Å². The summed E-state index contributed by atoms with van der Waals surface area (Å²) in [7, 11) is -3.75. The summed E-state index contributed by atoms with van der Waals surface area (Å²) in [6, 6.07) is 14.2. The number of sulfonamides is 1. The van der Waals surface area contributed by atoms with E-state index in [-0.39, 0.29) is 17.3 Å². The van der Waals surface area contributed by atoms with Crippen LogP contribution in [0.15, 0.2) is 59.5 Å². The van der Waals surface area contributed by atoms with E-state index in [0.717, 1.165) is 17.8 Å². The number of piperidine rings is 1. The second-order valence-electron chi connectivity index (χ2n) is 6.57. The quantitative estimate of drug-likeness (QED) is 0.787. The van der Waals surface area contributed by atoms with Crippen LogP contribution >= 0.6 is 0 Å². The van der Waals surface area contributed by atoms with Crippen LogP contribution in [0.5, 0.6) is 0 Å². The molecule has 0 spiro atoms. The fourth-order valence-electron chi connectivity index (χ4n) is 3.41. The van der Waals surface area contributed by atoms with E-state index >= 15 is 0 Å². The van der Waals surface area contributed by atoms with Crippen molar-refractivity contribution in [1.29, 1.82) is 0 Å². The van der Waals surface area contributed by atoms with E-state index in [1.54, 1.807) is 4.90 Å². The van der Waals surface area contributed by atoms with Gasteiger partial charge in [-0.25, -0.2) is 12.8 Å². The molecule has 144 valence electrons. The summed E-state index contributed by atoms with van der Waals surface area (Å²) in [6.07, 6.45) is 1.26. The molecule has 2 aromatic rings. The molecule has 27 heavy (non-hydrogen) atoms. The highest BCUT2D eigenvalue weighted by Crippen LogP contribution is 2.26. The number of anilines is 1. The normalized spacial score (nSPS) is 18.2. The Morgan fingerprint density at radius 1 is 1.15 bits per heavy atom. The minimum atomic E-state index is -3.75. The van der Waals surface area contributed by atoms with Crippen molar-refractivity contribution in [1.82, 2.24) is 4.31 Å². The van der Waals surface area contributed by atoms with Crippen LogP contribution < -0.4 is 4.90 Å². The lowest BCUT2D eigenvalue weighted by atomic mass is 9.97. The SMILES string of the molecule is CCN(C(=O)C1CCCN(S(=O)(=O)c2ccc(F)cc2)C1)c1ccccc1. The molecule has 1 unspecified atom stereocenters. The largest absolute Gasteiger partial charge is 0.312 e. The first-order valence-electron chi connectivity index (χ1n) is 9.05. The van der Waals surface area contributed by atoms with Gasteiger partial charge in [-0.3, -0.25) is 4.79 Å². The van der Waals surface area contributed by atoms with Crippen LogP contribution in [0.4, 0.5) is 10.1 Å². The van der Waals surface area contributed by atoms with Crippen molar-refractivity contribution in [2.75, 3.05) is 24.5 Å². The molecule has 1 saturated heterocycles. The number of para-hydroxylation sites is 1. The van der Waals surface area contributed by atoms with Crippen molar-refractivity contribution in [2.24, 2.45) is 5.92 Å². The van der Waals surface area contributed by atoms with E-state index in [9.17, 15) is 17.6 Å². The van der Waals surface area contributed by atoms with Gasteiger partial charge in [0.2, 0.25) is 15.9 Å². The molecule has 1 fully saturated rings. The van der Waals surface area contributed by atoms with Crippen LogP contribution in [-0.4, -0.2) is 38.3 Å². The maximum atomic E-state index is 13.1. The lowest BCUT2D eigenvalue weighted by Crippen LogP contribution is -2.46. The third-order valence-corrected chi connectivity index (χ3v) is 6.71. The second-order valence-corrected chi connectivity index (χ2v) is 8.51. The van der Waals surface area contributed by atoms with Crippen LogP contribution in [-0.2, 0) is 14.8 Å². The number of hydrogen-bond donors (Lipinski definition) is 0. The predicted molar refractivity (Wildman–Crippen MR) is 102 cm³/mol. The Bertz CT molecular complexity index is 885. The first kappa shape index (κ1) is 19.5. The highest BCUT2D eigenvalue weighted by molar-refractivity contribution is 7.89. The first-order valence-corrected chi connectivity index (χ1v) is 10.5. The molecule has 1 amide bonds. The van der Waals surface area contributed by atoms with E-state index < -0.39 is 21.8 Å². The summed E-state index contributed by atoms with van der Waals surface area (Å²) in [4.78, 5) is 14.8. The van der Waals surface area contributed by atoms with Gasteiger partial charge in [0.15, 0.2) is 0 Å². The monoisotopic (exact) mass is 390 g/mol. The molecule has 5 nitrogen and oxygen atoms in total. The predicted octanol–water partition coefficient (Wildman–Crippen LogP) is 3.28. The molecule has 1 heterocycles. The van der Waals surface area contributed by atoms with Gasteiger partial charge in [0.1, 0.15) is 5.82 Å². The zero-order chi connectivity index (χ0) is 19.4. The minimum absolute atomic E-state index is 0.0485. The zero-order valence-corrected chi connectivity index (χ0v) is 16.0. The van der Waals surface area contributed by atoms with Gasteiger partial charge in [-0.1, -0.05) is 18.2 Å². The van der Waals surface area contributed by atoms with Crippen molar-refractivity contribution >= 4 is 21.6 Å². The number of benzene rings is 2. The minimum Gasteiger partial charge on any atom is -0.312 e. The summed E-state index contributed by atoms with van der Waals surface area (Å²) in [5, 5.41) is 0. The molecule has 2 aromatic carbocycles. The van der Waals surface area contributed by atoms with Crippen LogP contribution in [0.25, 0.3) is 0 Å². The third-order valence-electron chi connectivity index (χ3n) is 4.83. The van der Waals surface area contributed by atoms with E-state index in [4.69, 9.17) is 0 Å². The number of amides is 1. The molecule has 0 aromatic heterocycles. The molecule has 3 rings (SSSR count). The molecular formula is C20H23FN2O3S. The molecule has 0 radical (unpaired) electrons. The lowest BCUT2D eigenvalue weighted by molar-refractivity contribution is -0.123. The van der Waals surface area contributed by atoms with Crippen LogP contribution in [0.1, 0.15) is 19.8 Å². The number of carbonyl (C=O) groups is 1. The van der Waals surface area contributed by atoms with Crippen LogP contribution in [0.3, 0.4) is 0 Å². The molecule has 0 aliphatic carbocycles. The summed E-state index contributed by atoms with van der Waals surface area (Å²) in [5.74, 6) is -0.945. The maximum Gasteiger partial charge on any atom is 0.243 e. The number of rotatable bonds is 5. The Morgan fingerprint density at radius 3 is 2.44 bits per heavy atom. The number of nitrogens with zero attached hydrogens (tertiary/aromatic N) is 2. The average molecular weight is 390 g/mol.